The number of halogens is 6. The molecule has 3 rings (SSSR count). The van der Waals surface area contributed by atoms with Crippen LogP contribution >= 0.6 is 0 Å². The predicted octanol–water partition coefficient (Wildman–Crippen LogP) is 7.68. The Morgan fingerprint density at radius 1 is 0.528 bits per heavy atom. The molecule has 0 bridgehead atoms. The van der Waals surface area contributed by atoms with E-state index in [0.717, 1.165) is 26.7 Å². The van der Waals surface area contributed by atoms with Crippen LogP contribution in [-0.2, 0) is 19.1 Å². The Morgan fingerprint density at radius 3 is 1.06 bits per heavy atom. The van der Waals surface area contributed by atoms with Crippen LogP contribution in [0, 0.1) is 23.7 Å². The summed E-state index contributed by atoms with van der Waals surface area (Å²) in [5.74, 6) is -5.16. The smallest absolute Gasteiger partial charge is 0.428 e. The molecule has 0 N–H and O–H groups in total. The maximum atomic E-state index is 14.0. The lowest BCUT2D eigenvalue weighted by Crippen LogP contribution is -2.54. The van der Waals surface area contributed by atoms with Gasteiger partial charge < -0.3 is 9.47 Å². The number of ether oxygens (including phenoxy) is 2. The van der Waals surface area contributed by atoms with E-state index < -0.39 is 59.2 Å². The Bertz CT molecular complexity index is 697. The molecule has 0 aliphatic heterocycles. The zero-order valence-electron chi connectivity index (χ0n) is 21.1. The Kier molecular flexibility index (Phi) is 8.96. The third-order valence-electron chi connectivity index (χ3n) is 8.91. The van der Waals surface area contributed by atoms with Gasteiger partial charge in [-0.2, -0.15) is 26.3 Å². The molecule has 3 saturated carbocycles. The Hall–Kier alpha value is -1.48. The van der Waals surface area contributed by atoms with E-state index in [1.54, 1.807) is 0 Å². The molecule has 0 aromatic rings. The summed E-state index contributed by atoms with van der Waals surface area (Å²) in [6.07, 6.45) is -3.49. The van der Waals surface area contributed by atoms with E-state index in [1.807, 2.05) is 0 Å². The van der Waals surface area contributed by atoms with Crippen LogP contribution in [0.3, 0.4) is 0 Å². The van der Waals surface area contributed by atoms with Gasteiger partial charge in [-0.3, -0.25) is 9.59 Å². The lowest BCUT2D eigenvalue weighted by atomic mass is 9.76. The van der Waals surface area contributed by atoms with Crippen LogP contribution in [0.2, 0.25) is 0 Å². The maximum Gasteiger partial charge on any atom is 0.428 e. The molecule has 36 heavy (non-hydrogen) atoms. The average Bonchev–Trinajstić information content (AvgIpc) is 2.83. The number of carbonyl (C=O) groups is 2. The molecule has 3 fully saturated rings. The molecule has 0 aromatic carbocycles. The second-order valence-corrected chi connectivity index (χ2v) is 11.3. The summed E-state index contributed by atoms with van der Waals surface area (Å²) in [5, 5.41) is 0. The van der Waals surface area contributed by atoms with Crippen molar-refractivity contribution < 1.29 is 45.4 Å². The summed E-state index contributed by atoms with van der Waals surface area (Å²) < 4.78 is 94.1. The largest absolute Gasteiger partial charge is 0.449 e. The third kappa shape index (κ3) is 6.14. The fourth-order valence-corrected chi connectivity index (χ4v) is 6.20. The Morgan fingerprint density at radius 2 is 0.806 bits per heavy atom. The number of hydrogen-bond donors (Lipinski definition) is 0. The molecule has 0 amide bonds. The van der Waals surface area contributed by atoms with Gasteiger partial charge >= 0.3 is 24.3 Å². The first-order valence-corrected chi connectivity index (χ1v) is 13.3. The van der Waals surface area contributed by atoms with Crippen molar-refractivity contribution in [2.24, 2.45) is 23.7 Å². The second kappa shape index (κ2) is 11.1. The molecule has 4 nitrogen and oxygen atoms in total. The predicted molar refractivity (Wildman–Crippen MR) is 120 cm³/mol. The van der Waals surface area contributed by atoms with E-state index in [-0.39, 0.29) is 25.7 Å². The highest BCUT2D eigenvalue weighted by Crippen LogP contribution is 2.48. The molecule has 0 radical (unpaired) electrons. The molecule has 0 spiro atoms. The van der Waals surface area contributed by atoms with Crippen molar-refractivity contribution in [1.29, 1.82) is 0 Å². The summed E-state index contributed by atoms with van der Waals surface area (Å²) in [6.45, 7) is 1.88. The van der Waals surface area contributed by atoms with Gasteiger partial charge in [-0.15, -0.1) is 0 Å². The van der Waals surface area contributed by atoms with Crippen molar-refractivity contribution >= 4 is 11.9 Å². The first kappa shape index (κ1) is 29.1. The van der Waals surface area contributed by atoms with Gasteiger partial charge in [-0.05, 0) is 65.2 Å². The van der Waals surface area contributed by atoms with E-state index in [4.69, 9.17) is 9.47 Å². The van der Waals surface area contributed by atoms with Crippen LogP contribution in [0.25, 0.3) is 0 Å². The molecule has 10 heteroatoms. The standard InChI is InChI=1S/C26H38F6O4/c1-23(25(27,28)29,19-9-5-3-6-10-19)35-21(33)17-13-15-18(16-14-17)22(34)36-24(2,26(30,31)32)20-11-7-4-8-12-20/h17-20H,3-16H2,1-2H3. The number of carbonyl (C=O) groups excluding carboxylic acids is 2. The fraction of sp³-hybridized carbons (Fsp3) is 0.923. The third-order valence-corrected chi connectivity index (χ3v) is 8.91. The molecule has 0 aromatic heterocycles. The molecular formula is C26H38F6O4. The van der Waals surface area contributed by atoms with Crippen molar-refractivity contribution in [3.05, 3.63) is 0 Å². The topological polar surface area (TPSA) is 52.6 Å². The first-order valence-electron chi connectivity index (χ1n) is 13.3. The molecule has 2 unspecified atom stereocenters. The van der Waals surface area contributed by atoms with Gasteiger partial charge in [0.1, 0.15) is 0 Å². The summed E-state index contributed by atoms with van der Waals surface area (Å²) in [7, 11) is 0. The molecule has 0 heterocycles. The second-order valence-electron chi connectivity index (χ2n) is 11.3. The quantitative estimate of drug-likeness (QED) is 0.262. The molecule has 208 valence electrons. The van der Waals surface area contributed by atoms with E-state index in [1.165, 1.54) is 0 Å². The summed E-state index contributed by atoms with van der Waals surface area (Å²) in [6, 6.07) is 0. The first-order chi connectivity index (χ1) is 16.7. The van der Waals surface area contributed by atoms with Gasteiger partial charge in [0.15, 0.2) is 0 Å². The molecular weight excluding hydrogens is 490 g/mol. The molecule has 2 atom stereocenters. The summed E-state index contributed by atoms with van der Waals surface area (Å²) in [5.41, 5.74) is -5.15. The van der Waals surface area contributed by atoms with Crippen molar-refractivity contribution in [3.8, 4) is 0 Å². The lowest BCUT2D eigenvalue weighted by molar-refractivity contribution is -0.286. The van der Waals surface area contributed by atoms with Crippen molar-refractivity contribution in [2.45, 2.75) is 127 Å². The van der Waals surface area contributed by atoms with Crippen LogP contribution < -0.4 is 0 Å². The molecule has 3 aliphatic carbocycles. The zero-order chi connectivity index (χ0) is 26.8. The highest BCUT2D eigenvalue weighted by atomic mass is 19.4. The van der Waals surface area contributed by atoms with Gasteiger partial charge in [0.05, 0.1) is 11.8 Å². The Balaban J connectivity index is 1.60. The van der Waals surface area contributed by atoms with Crippen molar-refractivity contribution in [3.63, 3.8) is 0 Å². The highest BCUT2D eigenvalue weighted by molar-refractivity contribution is 5.76. The summed E-state index contributed by atoms with van der Waals surface area (Å²) >= 11 is 0. The van der Waals surface area contributed by atoms with Gasteiger partial charge in [-0.1, -0.05) is 38.5 Å². The van der Waals surface area contributed by atoms with Gasteiger partial charge in [-0.25, -0.2) is 0 Å². The number of hydrogen-bond acceptors (Lipinski definition) is 4. The van der Waals surface area contributed by atoms with Crippen molar-refractivity contribution in [1.82, 2.24) is 0 Å². The monoisotopic (exact) mass is 528 g/mol. The SMILES string of the molecule is CC(OC(=O)C1CCC(C(=O)OC(C)(C2CCCCC2)C(F)(F)F)CC1)(C1CCCCC1)C(F)(F)F. The zero-order valence-corrected chi connectivity index (χ0v) is 21.1. The van der Waals surface area contributed by atoms with Crippen LogP contribution in [-0.4, -0.2) is 35.5 Å². The number of rotatable bonds is 6. The minimum atomic E-state index is -4.72. The van der Waals surface area contributed by atoms with Crippen LogP contribution in [0.15, 0.2) is 0 Å². The van der Waals surface area contributed by atoms with Crippen LogP contribution in [0.1, 0.15) is 104 Å². The van der Waals surface area contributed by atoms with E-state index in [2.05, 4.69) is 0 Å². The van der Waals surface area contributed by atoms with Crippen LogP contribution in [0.5, 0.6) is 0 Å². The normalized spacial score (nSPS) is 28.6. The lowest BCUT2D eigenvalue weighted by Gasteiger charge is -2.42. The maximum absolute atomic E-state index is 14.0. The fourth-order valence-electron chi connectivity index (χ4n) is 6.20. The number of esters is 2. The van der Waals surface area contributed by atoms with E-state index in [0.29, 0.717) is 51.4 Å². The van der Waals surface area contributed by atoms with Gasteiger partial charge in [0.25, 0.3) is 0 Å². The van der Waals surface area contributed by atoms with E-state index >= 15 is 0 Å². The average molecular weight is 529 g/mol. The number of alkyl halides is 6. The highest BCUT2D eigenvalue weighted by Gasteiger charge is 2.61. The molecule has 0 saturated heterocycles. The van der Waals surface area contributed by atoms with Gasteiger partial charge in [0.2, 0.25) is 11.2 Å². The Labute approximate surface area is 208 Å². The minimum absolute atomic E-state index is 0.0728. The minimum Gasteiger partial charge on any atom is -0.449 e. The van der Waals surface area contributed by atoms with Crippen molar-refractivity contribution in [2.75, 3.05) is 0 Å². The molecule has 3 aliphatic rings. The van der Waals surface area contributed by atoms with Crippen LogP contribution in [0.4, 0.5) is 26.3 Å². The van der Waals surface area contributed by atoms with Gasteiger partial charge in [0, 0.05) is 11.8 Å². The summed E-state index contributed by atoms with van der Waals surface area (Å²) in [4.78, 5) is 25.5. The van der Waals surface area contributed by atoms with E-state index in [9.17, 15) is 35.9 Å².